The summed E-state index contributed by atoms with van der Waals surface area (Å²) in [6.07, 6.45) is 6.37. The molecule has 0 fully saturated rings. The summed E-state index contributed by atoms with van der Waals surface area (Å²) in [5.74, 6) is 1.76. The van der Waals surface area contributed by atoms with Gasteiger partial charge in [0.25, 0.3) is 11.5 Å². The van der Waals surface area contributed by atoms with E-state index in [0.717, 1.165) is 38.1 Å². The first-order valence-electron chi connectivity index (χ1n) is 10.0. The van der Waals surface area contributed by atoms with Crippen LogP contribution in [0.25, 0.3) is 10.9 Å². The van der Waals surface area contributed by atoms with Gasteiger partial charge in [-0.25, -0.2) is 4.98 Å². The van der Waals surface area contributed by atoms with E-state index in [-0.39, 0.29) is 18.1 Å². The van der Waals surface area contributed by atoms with Crippen LogP contribution in [-0.2, 0) is 17.8 Å². The van der Waals surface area contributed by atoms with Gasteiger partial charge in [0.1, 0.15) is 11.6 Å². The molecule has 2 heterocycles. The highest BCUT2D eigenvalue weighted by Crippen LogP contribution is 2.19. The second-order valence-corrected chi connectivity index (χ2v) is 7.28. The van der Waals surface area contributed by atoms with Gasteiger partial charge < -0.3 is 10.1 Å². The maximum atomic E-state index is 12.6. The predicted octanol–water partition coefficient (Wildman–Crippen LogP) is 3.05. The van der Waals surface area contributed by atoms with E-state index >= 15 is 0 Å². The van der Waals surface area contributed by atoms with Crippen LogP contribution in [-0.4, -0.2) is 28.6 Å². The molecule has 6 heteroatoms. The zero-order valence-electron chi connectivity index (χ0n) is 16.3. The molecular formula is C21H29N3O3. The van der Waals surface area contributed by atoms with Crippen molar-refractivity contribution in [1.82, 2.24) is 14.9 Å². The lowest BCUT2D eigenvalue weighted by molar-refractivity contribution is -0.123. The number of carbonyl (C=O) groups excluding carboxylic acids is 1. The highest BCUT2D eigenvalue weighted by molar-refractivity contribution is 5.80. The van der Waals surface area contributed by atoms with Gasteiger partial charge in [0, 0.05) is 19.5 Å². The molecule has 0 unspecified atom stereocenters. The van der Waals surface area contributed by atoms with Crippen molar-refractivity contribution in [3.05, 3.63) is 34.4 Å². The first kappa shape index (κ1) is 19.4. The number of benzene rings is 1. The van der Waals surface area contributed by atoms with Crippen molar-refractivity contribution in [2.75, 3.05) is 13.2 Å². The zero-order chi connectivity index (χ0) is 19.2. The van der Waals surface area contributed by atoms with E-state index in [1.54, 1.807) is 22.8 Å². The van der Waals surface area contributed by atoms with Crippen molar-refractivity contribution >= 4 is 16.8 Å². The van der Waals surface area contributed by atoms with Gasteiger partial charge in [-0.05, 0) is 37.0 Å². The molecule has 1 amide bonds. The summed E-state index contributed by atoms with van der Waals surface area (Å²) < 4.78 is 7.35. The Labute approximate surface area is 159 Å². The van der Waals surface area contributed by atoms with Gasteiger partial charge in [0.2, 0.25) is 0 Å². The minimum absolute atomic E-state index is 0.0240. The van der Waals surface area contributed by atoms with Crippen LogP contribution in [0.2, 0.25) is 0 Å². The standard InChI is InChI=1S/C21H29N3O3/c1-3-5-7-15(4-2)13-22-20(25)14-27-16-9-10-18-17(12-16)21(26)24-11-6-8-19(24)23-18/h9-10,12,15H,3-8,11,13-14H2,1-2H3,(H,22,25)/t15-/m1/s1. The minimum atomic E-state index is -0.131. The zero-order valence-corrected chi connectivity index (χ0v) is 16.3. The second-order valence-electron chi connectivity index (χ2n) is 7.28. The number of aromatic nitrogens is 2. The summed E-state index contributed by atoms with van der Waals surface area (Å²) in [4.78, 5) is 29.2. The fourth-order valence-corrected chi connectivity index (χ4v) is 3.55. The Kier molecular flexibility index (Phi) is 6.48. The van der Waals surface area contributed by atoms with Crippen LogP contribution >= 0.6 is 0 Å². The summed E-state index contributed by atoms with van der Waals surface area (Å²) in [5, 5.41) is 3.50. The lowest BCUT2D eigenvalue weighted by Crippen LogP contribution is -2.33. The van der Waals surface area contributed by atoms with Crippen LogP contribution in [0.3, 0.4) is 0 Å². The summed E-state index contributed by atoms with van der Waals surface area (Å²) in [6, 6.07) is 5.25. The molecule has 1 N–H and O–H groups in total. The van der Waals surface area contributed by atoms with Crippen molar-refractivity contribution in [2.24, 2.45) is 5.92 Å². The molecule has 0 saturated heterocycles. The van der Waals surface area contributed by atoms with Gasteiger partial charge in [-0.2, -0.15) is 0 Å². The van der Waals surface area contributed by atoms with Gasteiger partial charge in [0.05, 0.1) is 10.9 Å². The number of hydrogen-bond acceptors (Lipinski definition) is 4. The van der Waals surface area contributed by atoms with Crippen molar-refractivity contribution in [2.45, 2.75) is 58.9 Å². The molecule has 1 aromatic carbocycles. The third-order valence-electron chi connectivity index (χ3n) is 5.29. The van der Waals surface area contributed by atoms with Crippen molar-refractivity contribution < 1.29 is 9.53 Å². The average Bonchev–Trinajstić information content (AvgIpc) is 3.15. The maximum Gasteiger partial charge on any atom is 0.261 e. The molecule has 6 nitrogen and oxygen atoms in total. The summed E-state index contributed by atoms with van der Waals surface area (Å²) in [7, 11) is 0. The minimum Gasteiger partial charge on any atom is -0.484 e. The Bertz CT molecular complexity index is 860. The molecule has 1 aromatic heterocycles. The molecule has 1 aliphatic rings. The maximum absolute atomic E-state index is 12.6. The molecule has 27 heavy (non-hydrogen) atoms. The molecule has 1 aliphatic heterocycles. The Morgan fingerprint density at radius 3 is 3.00 bits per heavy atom. The second kappa shape index (κ2) is 9.02. The van der Waals surface area contributed by atoms with E-state index in [2.05, 4.69) is 24.1 Å². The van der Waals surface area contributed by atoms with E-state index in [0.29, 0.717) is 29.1 Å². The van der Waals surface area contributed by atoms with Crippen molar-refractivity contribution in [1.29, 1.82) is 0 Å². The third-order valence-corrected chi connectivity index (χ3v) is 5.29. The number of aryl methyl sites for hydroxylation is 1. The predicted molar refractivity (Wildman–Crippen MR) is 106 cm³/mol. The Balaban J connectivity index is 1.59. The monoisotopic (exact) mass is 371 g/mol. The quantitative estimate of drug-likeness (QED) is 0.735. The van der Waals surface area contributed by atoms with Gasteiger partial charge in [-0.15, -0.1) is 0 Å². The molecule has 0 saturated carbocycles. The van der Waals surface area contributed by atoms with Crippen molar-refractivity contribution in [3.63, 3.8) is 0 Å². The number of carbonyl (C=O) groups is 1. The van der Waals surface area contributed by atoms with Crippen LogP contribution < -0.4 is 15.6 Å². The summed E-state index contributed by atoms with van der Waals surface area (Å²) in [5.41, 5.74) is 0.663. The van der Waals surface area contributed by atoms with Gasteiger partial charge in [0.15, 0.2) is 6.61 Å². The van der Waals surface area contributed by atoms with E-state index in [4.69, 9.17) is 4.74 Å². The molecular weight excluding hydrogens is 342 g/mol. The van der Waals surface area contributed by atoms with E-state index in [1.165, 1.54) is 12.8 Å². The Morgan fingerprint density at radius 1 is 1.37 bits per heavy atom. The fourth-order valence-electron chi connectivity index (χ4n) is 3.55. The van der Waals surface area contributed by atoms with Gasteiger partial charge in [-0.1, -0.05) is 33.1 Å². The third kappa shape index (κ3) is 4.67. The first-order chi connectivity index (χ1) is 13.1. The van der Waals surface area contributed by atoms with Crippen molar-refractivity contribution in [3.8, 4) is 5.75 Å². The van der Waals surface area contributed by atoms with Gasteiger partial charge in [-0.3, -0.25) is 14.2 Å². The molecule has 146 valence electrons. The van der Waals surface area contributed by atoms with Crippen LogP contribution in [0.5, 0.6) is 5.75 Å². The molecule has 0 spiro atoms. The molecule has 0 aliphatic carbocycles. The van der Waals surface area contributed by atoms with Crippen LogP contribution in [0, 0.1) is 5.92 Å². The average molecular weight is 371 g/mol. The topological polar surface area (TPSA) is 73.2 Å². The number of fused-ring (bicyclic) bond motifs is 2. The van der Waals surface area contributed by atoms with E-state index in [1.807, 2.05) is 0 Å². The molecule has 0 bridgehead atoms. The van der Waals surface area contributed by atoms with Crippen LogP contribution in [0.15, 0.2) is 23.0 Å². The Hall–Kier alpha value is -2.37. The number of unbranched alkanes of at least 4 members (excludes halogenated alkanes) is 1. The number of rotatable bonds is 9. The Morgan fingerprint density at radius 2 is 2.22 bits per heavy atom. The molecule has 1 atom stereocenters. The van der Waals surface area contributed by atoms with Crippen LogP contribution in [0.1, 0.15) is 51.8 Å². The number of hydrogen-bond donors (Lipinski definition) is 1. The highest BCUT2D eigenvalue weighted by atomic mass is 16.5. The summed E-state index contributed by atoms with van der Waals surface area (Å²) >= 11 is 0. The SMILES string of the molecule is CCCC[C@@H](CC)CNC(=O)COc1ccc2nc3n(c(=O)c2c1)CCC3. The van der Waals surface area contributed by atoms with Crippen LogP contribution in [0.4, 0.5) is 0 Å². The highest BCUT2D eigenvalue weighted by Gasteiger charge is 2.16. The van der Waals surface area contributed by atoms with E-state index < -0.39 is 0 Å². The lowest BCUT2D eigenvalue weighted by Gasteiger charge is -2.15. The summed E-state index contributed by atoms with van der Waals surface area (Å²) in [6.45, 7) is 5.70. The molecule has 2 aromatic rings. The smallest absolute Gasteiger partial charge is 0.261 e. The molecule has 3 rings (SSSR count). The number of ether oxygens (including phenoxy) is 1. The normalized spacial score (nSPS) is 14.1. The van der Waals surface area contributed by atoms with Gasteiger partial charge >= 0.3 is 0 Å². The number of nitrogens with one attached hydrogen (secondary N) is 1. The largest absolute Gasteiger partial charge is 0.484 e. The van der Waals surface area contributed by atoms with E-state index in [9.17, 15) is 9.59 Å². The number of amides is 1. The lowest BCUT2D eigenvalue weighted by atomic mass is 9.99. The number of nitrogens with zero attached hydrogens (tertiary/aromatic N) is 2. The molecule has 0 radical (unpaired) electrons. The first-order valence-corrected chi connectivity index (χ1v) is 10.0. The fraction of sp³-hybridized carbons (Fsp3) is 0.571.